The lowest BCUT2D eigenvalue weighted by molar-refractivity contribution is 0.661. The van der Waals surface area contributed by atoms with Gasteiger partial charge in [0.2, 0.25) is 0 Å². The van der Waals surface area contributed by atoms with Crippen molar-refractivity contribution in [2.24, 2.45) is 0 Å². The second kappa shape index (κ2) is 12.9. The molecule has 2 aliphatic carbocycles. The summed E-state index contributed by atoms with van der Waals surface area (Å²) in [5, 5.41) is 12.4. The molecule has 11 aromatic carbocycles. The Kier molecular flexibility index (Phi) is 7.30. The monoisotopic (exact) mass is 828 g/mol. The summed E-state index contributed by atoms with van der Waals surface area (Å²) in [5.41, 5.74) is 20.0. The molecule has 0 saturated heterocycles. The van der Waals surface area contributed by atoms with Crippen LogP contribution in [0.15, 0.2) is 199 Å². The van der Waals surface area contributed by atoms with Gasteiger partial charge in [-0.05, 0) is 170 Å². The lowest BCUT2D eigenvalue weighted by Gasteiger charge is -2.24. The standard InChI is InChI=1S/C64H44O/c1-63(2)55-28-25-39(32-49(55)50-31-37-15-5-6-16-38(37)35-56(50)63)40-26-29-58-51(33-40)52-34-41(27-30-59(52)65-58)60-44-19-9-11-21-46(44)61(47-22-12-10-20-45(47)60)53-36-57-62(43-18-8-7-17-42(43)53)48-23-13-14-24-54(48)64(57,3)4/h5-36H,1-4H3. The molecule has 0 unspecified atom stereocenters. The lowest BCUT2D eigenvalue weighted by Crippen LogP contribution is -2.15. The van der Waals surface area contributed by atoms with Gasteiger partial charge in [-0.25, -0.2) is 0 Å². The normalized spacial score (nSPS) is 14.4. The zero-order chi connectivity index (χ0) is 43.3. The molecule has 2 aliphatic rings. The molecule has 0 atom stereocenters. The Hall–Kier alpha value is -7.74. The van der Waals surface area contributed by atoms with E-state index in [1.807, 2.05) is 0 Å². The number of benzene rings is 11. The molecule has 0 aliphatic heterocycles. The maximum absolute atomic E-state index is 6.59. The molecule has 65 heavy (non-hydrogen) atoms. The molecule has 12 aromatic rings. The van der Waals surface area contributed by atoms with E-state index in [0.29, 0.717) is 0 Å². The minimum absolute atomic E-state index is 0.0701. The third kappa shape index (κ3) is 4.99. The Morgan fingerprint density at radius 1 is 0.277 bits per heavy atom. The molecule has 0 amide bonds. The molecule has 0 radical (unpaired) electrons. The Labute approximate surface area is 378 Å². The first-order chi connectivity index (χ1) is 31.7. The van der Waals surface area contributed by atoms with E-state index in [1.165, 1.54) is 121 Å². The van der Waals surface area contributed by atoms with Gasteiger partial charge in [-0.15, -0.1) is 0 Å². The topological polar surface area (TPSA) is 13.1 Å². The minimum Gasteiger partial charge on any atom is -0.456 e. The molecule has 0 saturated carbocycles. The fraction of sp³-hybridized carbons (Fsp3) is 0.0938. The Morgan fingerprint density at radius 3 is 1.45 bits per heavy atom. The van der Waals surface area contributed by atoms with Crippen LogP contribution in [0.5, 0.6) is 0 Å². The van der Waals surface area contributed by atoms with Gasteiger partial charge in [0.05, 0.1) is 0 Å². The van der Waals surface area contributed by atoms with Crippen LogP contribution < -0.4 is 0 Å². The second-order valence-corrected chi connectivity index (χ2v) is 19.6. The maximum Gasteiger partial charge on any atom is 0.135 e. The van der Waals surface area contributed by atoms with Gasteiger partial charge in [-0.2, -0.15) is 0 Å². The molecular weight excluding hydrogens is 785 g/mol. The van der Waals surface area contributed by atoms with Crippen molar-refractivity contribution in [2.45, 2.75) is 38.5 Å². The van der Waals surface area contributed by atoms with Gasteiger partial charge in [0.15, 0.2) is 0 Å². The molecule has 0 N–H and O–H groups in total. The Bertz CT molecular complexity index is 4000. The van der Waals surface area contributed by atoms with Crippen molar-refractivity contribution in [3.8, 4) is 55.6 Å². The van der Waals surface area contributed by atoms with E-state index in [0.717, 1.165) is 21.9 Å². The zero-order valence-electron chi connectivity index (χ0n) is 36.9. The minimum atomic E-state index is -0.128. The summed E-state index contributed by atoms with van der Waals surface area (Å²) in [6.07, 6.45) is 0. The molecule has 1 heterocycles. The first kappa shape index (κ1) is 36.7. The predicted molar refractivity (Wildman–Crippen MR) is 275 cm³/mol. The number of hydrogen-bond donors (Lipinski definition) is 0. The third-order valence-electron chi connectivity index (χ3n) is 15.4. The highest BCUT2D eigenvalue weighted by molar-refractivity contribution is 6.25. The van der Waals surface area contributed by atoms with Crippen molar-refractivity contribution < 1.29 is 4.42 Å². The number of furan rings is 1. The zero-order valence-corrected chi connectivity index (χ0v) is 36.9. The van der Waals surface area contributed by atoms with E-state index >= 15 is 0 Å². The molecular formula is C64H44O. The molecule has 1 heteroatoms. The predicted octanol–water partition coefficient (Wildman–Crippen LogP) is 17.8. The molecule has 1 aromatic heterocycles. The highest BCUT2D eigenvalue weighted by atomic mass is 16.3. The first-order valence-corrected chi connectivity index (χ1v) is 23.0. The van der Waals surface area contributed by atoms with Crippen molar-refractivity contribution in [2.75, 3.05) is 0 Å². The fourth-order valence-corrected chi connectivity index (χ4v) is 12.2. The highest BCUT2D eigenvalue weighted by Crippen LogP contribution is 2.55. The van der Waals surface area contributed by atoms with Crippen molar-refractivity contribution >= 4 is 65.0 Å². The summed E-state index contributed by atoms with van der Waals surface area (Å²) >= 11 is 0. The van der Waals surface area contributed by atoms with Crippen LogP contribution in [-0.2, 0) is 10.8 Å². The van der Waals surface area contributed by atoms with Gasteiger partial charge in [0.25, 0.3) is 0 Å². The number of rotatable bonds is 3. The van der Waals surface area contributed by atoms with Crippen LogP contribution in [0.3, 0.4) is 0 Å². The molecule has 14 rings (SSSR count). The lowest BCUT2D eigenvalue weighted by atomic mass is 9.79. The average molecular weight is 829 g/mol. The van der Waals surface area contributed by atoms with Crippen LogP contribution in [0.25, 0.3) is 121 Å². The Morgan fingerprint density at radius 2 is 0.754 bits per heavy atom. The quantitative estimate of drug-likeness (QED) is 0.162. The van der Waals surface area contributed by atoms with Gasteiger partial charge in [-0.1, -0.05) is 173 Å². The van der Waals surface area contributed by atoms with Crippen molar-refractivity contribution in [1.29, 1.82) is 0 Å². The smallest absolute Gasteiger partial charge is 0.135 e. The third-order valence-corrected chi connectivity index (χ3v) is 15.4. The molecule has 1 nitrogen and oxygen atoms in total. The van der Waals surface area contributed by atoms with Crippen molar-refractivity contribution in [3.63, 3.8) is 0 Å². The van der Waals surface area contributed by atoms with E-state index in [-0.39, 0.29) is 10.8 Å². The van der Waals surface area contributed by atoms with Gasteiger partial charge in [0, 0.05) is 21.6 Å². The summed E-state index contributed by atoms with van der Waals surface area (Å²) in [4.78, 5) is 0. The average Bonchev–Trinajstić information content (AvgIpc) is 3.90. The Balaban J connectivity index is 0.954. The van der Waals surface area contributed by atoms with E-state index in [1.54, 1.807) is 0 Å². The van der Waals surface area contributed by atoms with Gasteiger partial charge in [-0.3, -0.25) is 0 Å². The van der Waals surface area contributed by atoms with Crippen LogP contribution in [0.2, 0.25) is 0 Å². The van der Waals surface area contributed by atoms with Gasteiger partial charge < -0.3 is 4.42 Å². The summed E-state index contributed by atoms with van der Waals surface area (Å²) < 4.78 is 6.59. The maximum atomic E-state index is 6.59. The highest BCUT2D eigenvalue weighted by Gasteiger charge is 2.38. The van der Waals surface area contributed by atoms with E-state index < -0.39 is 0 Å². The molecule has 0 spiro atoms. The summed E-state index contributed by atoms with van der Waals surface area (Å²) in [6.45, 7) is 9.51. The van der Waals surface area contributed by atoms with Gasteiger partial charge in [0.1, 0.15) is 11.2 Å². The second-order valence-electron chi connectivity index (χ2n) is 19.6. The van der Waals surface area contributed by atoms with Crippen molar-refractivity contribution in [3.05, 3.63) is 216 Å². The van der Waals surface area contributed by atoms with Crippen LogP contribution >= 0.6 is 0 Å². The largest absolute Gasteiger partial charge is 0.456 e. The van der Waals surface area contributed by atoms with Crippen LogP contribution in [-0.4, -0.2) is 0 Å². The summed E-state index contributed by atoms with van der Waals surface area (Å²) in [6, 6.07) is 72.8. The van der Waals surface area contributed by atoms with E-state index in [2.05, 4.69) is 222 Å². The summed E-state index contributed by atoms with van der Waals surface area (Å²) in [5.74, 6) is 0. The van der Waals surface area contributed by atoms with Crippen LogP contribution in [0.4, 0.5) is 0 Å². The first-order valence-electron chi connectivity index (χ1n) is 23.0. The SMILES string of the molecule is CC1(C)c2ccc(-c3ccc4oc5ccc(-c6c7ccccc7c(-c7cc8c(c9ccccc79)-c7ccccc7C8(C)C)c7ccccc67)cc5c4c3)cc2-c2cc3ccccc3cc21. The number of hydrogen-bond acceptors (Lipinski definition) is 1. The van der Waals surface area contributed by atoms with E-state index in [9.17, 15) is 0 Å². The molecule has 0 bridgehead atoms. The molecule has 0 fully saturated rings. The fourth-order valence-electron chi connectivity index (χ4n) is 12.2. The summed E-state index contributed by atoms with van der Waals surface area (Å²) in [7, 11) is 0. The van der Waals surface area contributed by atoms with Crippen LogP contribution in [0, 0.1) is 0 Å². The molecule has 306 valence electrons. The van der Waals surface area contributed by atoms with Gasteiger partial charge >= 0.3 is 0 Å². The van der Waals surface area contributed by atoms with E-state index in [4.69, 9.17) is 4.42 Å². The van der Waals surface area contributed by atoms with Crippen molar-refractivity contribution in [1.82, 2.24) is 0 Å². The number of fused-ring (bicyclic) bond motifs is 14. The van der Waals surface area contributed by atoms with Crippen LogP contribution in [0.1, 0.15) is 49.9 Å².